The van der Waals surface area contributed by atoms with E-state index >= 15 is 0 Å². The van der Waals surface area contributed by atoms with Crippen molar-refractivity contribution in [3.63, 3.8) is 0 Å². The van der Waals surface area contributed by atoms with Crippen LogP contribution < -0.4 is 10.9 Å². The predicted octanol–water partition coefficient (Wildman–Crippen LogP) is 3.78. The zero-order valence-electron chi connectivity index (χ0n) is 13.6. The third kappa shape index (κ3) is 2.72. The second kappa shape index (κ2) is 5.59. The third-order valence-electron chi connectivity index (χ3n) is 4.45. The van der Waals surface area contributed by atoms with Gasteiger partial charge in [0.1, 0.15) is 0 Å². The molecule has 0 N–H and O–H groups in total. The average Bonchev–Trinajstić information content (AvgIpc) is 2.43. The van der Waals surface area contributed by atoms with Crippen LogP contribution in [0.1, 0.15) is 63.1 Å². The van der Waals surface area contributed by atoms with Crippen LogP contribution in [-0.2, 0) is 6.42 Å². The molecule has 0 aliphatic heterocycles. The van der Waals surface area contributed by atoms with E-state index in [2.05, 4.69) is 39.8 Å². The molecule has 0 fully saturated rings. The Bertz CT molecular complexity index is 682. The summed E-state index contributed by atoms with van der Waals surface area (Å²) in [5.41, 5.74) is 2.19. The van der Waals surface area contributed by atoms with Gasteiger partial charge in [0.2, 0.25) is 10.9 Å². The van der Waals surface area contributed by atoms with Crippen LogP contribution in [0.3, 0.4) is 0 Å². The minimum Gasteiger partial charge on any atom is -0.285 e. The van der Waals surface area contributed by atoms with Crippen LogP contribution in [0.2, 0.25) is 0 Å². The number of hydrogen-bond acceptors (Lipinski definition) is 2. The van der Waals surface area contributed by atoms with Crippen LogP contribution in [0.15, 0.2) is 39.9 Å². The molecule has 0 aromatic heterocycles. The molecule has 0 spiro atoms. The second-order valence-electron chi connectivity index (χ2n) is 6.95. The van der Waals surface area contributed by atoms with Gasteiger partial charge in [0.25, 0.3) is 0 Å². The summed E-state index contributed by atoms with van der Waals surface area (Å²) in [4.78, 5) is 23.7. The van der Waals surface area contributed by atoms with Gasteiger partial charge < -0.3 is 0 Å². The van der Waals surface area contributed by atoms with Crippen LogP contribution in [0.4, 0.5) is 0 Å². The lowest BCUT2D eigenvalue weighted by atomic mass is 9.66. The highest BCUT2D eigenvalue weighted by Gasteiger charge is 2.36. The molecule has 0 saturated carbocycles. The molecule has 0 amide bonds. The Morgan fingerprint density at radius 2 is 1.57 bits per heavy atom. The van der Waals surface area contributed by atoms with E-state index in [4.69, 9.17) is 0 Å². The quantitative estimate of drug-likeness (QED) is 0.801. The van der Waals surface area contributed by atoms with Gasteiger partial charge in [-0.25, -0.2) is 0 Å². The molecule has 112 valence electrons. The number of rotatable bonds is 4. The maximum absolute atomic E-state index is 12.0. The van der Waals surface area contributed by atoms with Crippen LogP contribution in [0.5, 0.6) is 0 Å². The monoisotopic (exact) mass is 284 g/mol. The van der Waals surface area contributed by atoms with E-state index < -0.39 is 0 Å². The largest absolute Gasteiger partial charge is 0.285 e. The van der Waals surface area contributed by atoms with Crippen molar-refractivity contribution >= 4 is 0 Å². The molecule has 2 rings (SSSR count). The molecular formula is C19H24O2. The van der Waals surface area contributed by atoms with E-state index in [9.17, 15) is 9.59 Å². The fraction of sp³-hybridized carbons (Fsp3) is 0.474. The number of benzene rings is 1. The van der Waals surface area contributed by atoms with Crippen LogP contribution in [-0.4, -0.2) is 0 Å². The molecule has 0 radical (unpaired) electrons. The summed E-state index contributed by atoms with van der Waals surface area (Å²) in [5, 5.41) is 0. The summed E-state index contributed by atoms with van der Waals surface area (Å²) in [6.45, 7) is 10.6. The van der Waals surface area contributed by atoms with Crippen molar-refractivity contribution in [2.24, 2.45) is 5.41 Å². The Hall–Kier alpha value is -1.70. The maximum atomic E-state index is 12.0. The van der Waals surface area contributed by atoms with Gasteiger partial charge in [-0.3, -0.25) is 9.59 Å². The molecule has 2 atom stereocenters. The van der Waals surface area contributed by atoms with E-state index in [0.29, 0.717) is 6.42 Å². The molecule has 2 aromatic rings. The smallest absolute Gasteiger partial charge is 0.229 e. The van der Waals surface area contributed by atoms with Crippen molar-refractivity contribution in [3.05, 3.63) is 67.5 Å². The first-order chi connectivity index (χ1) is 9.79. The summed E-state index contributed by atoms with van der Waals surface area (Å²) in [7, 11) is 0. The number of hydrogen-bond donors (Lipinski definition) is 0. The molecule has 0 bridgehead atoms. The summed E-state index contributed by atoms with van der Waals surface area (Å²) in [6, 6.07) is 10.3. The van der Waals surface area contributed by atoms with Crippen LogP contribution >= 0.6 is 0 Å². The highest BCUT2D eigenvalue weighted by Crippen LogP contribution is 2.45. The summed E-state index contributed by atoms with van der Waals surface area (Å²) >= 11 is 0. The lowest BCUT2D eigenvalue weighted by molar-refractivity contribution is 0.285. The predicted molar refractivity (Wildman–Crippen MR) is 87.8 cm³/mol. The molecule has 2 heteroatoms. The Balaban J connectivity index is 2.51. The third-order valence-corrected chi connectivity index (χ3v) is 4.45. The Morgan fingerprint density at radius 1 is 1.00 bits per heavy atom. The van der Waals surface area contributed by atoms with Crippen LogP contribution in [0.25, 0.3) is 0 Å². The zero-order valence-corrected chi connectivity index (χ0v) is 13.6. The highest BCUT2D eigenvalue weighted by molar-refractivity contribution is 5.39. The summed E-state index contributed by atoms with van der Waals surface area (Å²) in [5.74, 6) is 0.278. The first kappa shape index (κ1) is 15.7. The van der Waals surface area contributed by atoms with Crippen molar-refractivity contribution in [1.29, 1.82) is 0 Å². The Kier molecular flexibility index (Phi) is 4.18. The summed E-state index contributed by atoms with van der Waals surface area (Å²) < 4.78 is 0. The van der Waals surface area contributed by atoms with Crippen molar-refractivity contribution in [2.45, 2.75) is 52.9 Å². The van der Waals surface area contributed by atoms with E-state index in [1.807, 2.05) is 25.1 Å². The molecule has 0 aliphatic rings. The van der Waals surface area contributed by atoms with Gasteiger partial charge in [-0.15, -0.1) is 0 Å². The van der Waals surface area contributed by atoms with E-state index in [-0.39, 0.29) is 28.1 Å². The minimum atomic E-state index is -0.278. The van der Waals surface area contributed by atoms with Gasteiger partial charge in [-0.2, -0.15) is 0 Å². The van der Waals surface area contributed by atoms with E-state index in [0.717, 1.165) is 11.1 Å². The van der Waals surface area contributed by atoms with E-state index in [1.54, 1.807) is 0 Å². The SMILES string of the molecule is CCc1c(C(C)C(c2ccccc2)C(C)(C)C)c(=O)c1=O. The average molecular weight is 284 g/mol. The Morgan fingerprint density at radius 3 is 2.05 bits per heavy atom. The first-order valence-electron chi connectivity index (χ1n) is 7.66. The van der Waals surface area contributed by atoms with Crippen molar-refractivity contribution in [1.82, 2.24) is 0 Å². The maximum Gasteiger partial charge on any atom is 0.229 e. The van der Waals surface area contributed by atoms with Crippen molar-refractivity contribution < 1.29 is 0 Å². The lowest BCUT2D eigenvalue weighted by Gasteiger charge is -2.37. The van der Waals surface area contributed by atoms with Gasteiger partial charge in [-0.1, -0.05) is 65.0 Å². The molecule has 0 aliphatic carbocycles. The van der Waals surface area contributed by atoms with Crippen LogP contribution in [0, 0.1) is 5.41 Å². The van der Waals surface area contributed by atoms with Gasteiger partial charge in [0.15, 0.2) is 0 Å². The summed E-state index contributed by atoms with van der Waals surface area (Å²) in [6.07, 6.45) is 0.649. The molecule has 2 nitrogen and oxygen atoms in total. The van der Waals surface area contributed by atoms with E-state index in [1.165, 1.54) is 5.56 Å². The molecule has 2 aromatic carbocycles. The molecule has 0 saturated heterocycles. The highest BCUT2D eigenvalue weighted by atomic mass is 16.2. The fourth-order valence-electron chi connectivity index (χ4n) is 3.65. The second-order valence-corrected chi connectivity index (χ2v) is 6.95. The normalized spacial score (nSPS) is 15.1. The Labute approximate surface area is 126 Å². The standard InChI is InChI=1S/C19H24O2/c1-6-14-15(18(21)17(14)20)12(2)16(19(3,4)5)13-10-8-7-9-11-13/h7-12,16H,6H2,1-5H3. The molecule has 0 heterocycles. The molecular weight excluding hydrogens is 260 g/mol. The van der Waals surface area contributed by atoms with Gasteiger partial charge in [0, 0.05) is 11.1 Å². The first-order valence-corrected chi connectivity index (χ1v) is 7.66. The van der Waals surface area contributed by atoms with Gasteiger partial charge in [0.05, 0.1) is 0 Å². The fourth-order valence-corrected chi connectivity index (χ4v) is 3.65. The molecule has 21 heavy (non-hydrogen) atoms. The van der Waals surface area contributed by atoms with Crippen molar-refractivity contribution in [3.8, 4) is 0 Å². The lowest BCUT2D eigenvalue weighted by Crippen LogP contribution is -2.42. The zero-order chi connectivity index (χ0) is 15.8. The van der Waals surface area contributed by atoms with Gasteiger partial charge in [-0.05, 0) is 29.2 Å². The van der Waals surface area contributed by atoms with Gasteiger partial charge >= 0.3 is 0 Å². The van der Waals surface area contributed by atoms with Crippen molar-refractivity contribution in [2.75, 3.05) is 0 Å². The molecule has 2 unspecified atom stereocenters. The topological polar surface area (TPSA) is 34.1 Å². The minimum absolute atomic E-state index is 0.0194.